The van der Waals surface area contributed by atoms with Crippen molar-refractivity contribution in [1.82, 2.24) is 0 Å². The maximum absolute atomic E-state index is 11.8. The molecule has 0 heterocycles. The van der Waals surface area contributed by atoms with Crippen molar-refractivity contribution >= 4 is 0 Å². The molecule has 2 N–H and O–H groups in total. The van der Waals surface area contributed by atoms with E-state index in [2.05, 4.69) is 96.9 Å². The maximum atomic E-state index is 11.8. The maximum Gasteiger partial charge on any atom is 0.0606 e. The topological polar surface area (TPSA) is 40.5 Å². The Hall–Kier alpha value is -0.0800. The standard InChI is InChI=1S/C36H70O2/c1-15-17-18-19-36(16-2,24-20-26(32(3,4)5)30(37)27(21-24)33(6,7)8)25-22-28(34(9,10)11)31(38)29(23-25)35(12,13)14/h24-31,37-38H,15-23H2,1-14H3. The number of hydrogen-bond donors (Lipinski definition) is 2. The molecule has 0 aromatic carbocycles. The third kappa shape index (κ3) is 7.40. The Morgan fingerprint density at radius 1 is 0.500 bits per heavy atom. The van der Waals surface area contributed by atoms with Crippen LogP contribution in [0.1, 0.15) is 155 Å². The van der Waals surface area contributed by atoms with Gasteiger partial charge in [-0.3, -0.25) is 0 Å². The third-order valence-electron chi connectivity index (χ3n) is 11.8. The van der Waals surface area contributed by atoms with Crippen LogP contribution in [0, 0.1) is 62.6 Å². The van der Waals surface area contributed by atoms with Gasteiger partial charge in [0.15, 0.2) is 0 Å². The summed E-state index contributed by atoms with van der Waals surface area (Å²) in [6.07, 6.45) is 10.5. The van der Waals surface area contributed by atoms with E-state index < -0.39 is 0 Å². The summed E-state index contributed by atoms with van der Waals surface area (Å²) in [5, 5.41) is 23.6. The molecule has 226 valence electrons. The highest BCUT2D eigenvalue weighted by atomic mass is 16.3. The molecule has 4 unspecified atom stereocenters. The van der Waals surface area contributed by atoms with Gasteiger partial charge in [0.1, 0.15) is 0 Å². The van der Waals surface area contributed by atoms with Gasteiger partial charge in [0.25, 0.3) is 0 Å². The van der Waals surface area contributed by atoms with Crippen LogP contribution >= 0.6 is 0 Å². The molecule has 2 saturated carbocycles. The monoisotopic (exact) mass is 535 g/mol. The highest BCUT2D eigenvalue weighted by molar-refractivity contribution is 5.06. The normalized spacial score (nSPS) is 35.7. The van der Waals surface area contributed by atoms with E-state index in [0.29, 0.717) is 35.5 Å². The Labute approximate surface area is 239 Å². The van der Waals surface area contributed by atoms with Gasteiger partial charge in [-0.05, 0) is 101 Å². The van der Waals surface area contributed by atoms with Crippen molar-refractivity contribution in [3.8, 4) is 0 Å². The fraction of sp³-hybridized carbons (Fsp3) is 1.00. The quantitative estimate of drug-likeness (QED) is 0.319. The number of unbranched alkanes of at least 4 members (excludes halogenated alkanes) is 2. The van der Waals surface area contributed by atoms with Gasteiger partial charge in [-0.15, -0.1) is 0 Å². The van der Waals surface area contributed by atoms with Crippen LogP contribution in [0.25, 0.3) is 0 Å². The molecule has 0 spiro atoms. The minimum Gasteiger partial charge on any atom is -0.393 e. The lowest BCUT2D eigenvalue weighted by molar-refractivity contribution is -0.149. The molecule has 0 aromatic heterocycles. The van der Waals surface area contributed by atoms with Crippen molar-refractivity contribution in [3.63, 3.8) is 0 Å². The summed E-state index contributed by atoms with van der Waals surface area (Å²) >= 11 is 0. The summed E-state index contributed by atoms with van der Waals surface area (Å²) in [4.78, 5) is 0. The minimum absolute atomic E-state index is 0.0924. The predicted molar refractivity (Wildman–Crippen MR) is 166 cm³/mol. The zero-order valence-corrected chi connectivity index (χ0v) is 28.4. The molecule has 4 atom stereocenters. The number of aliphatic hydroxyl groups is 2. The summed E-state index contributed by atoms with van der Waals surface area (Å²) in [6.45, 7) is 33.1. The Balaban J connectivity index is 2.67. The van der Waals surface area contributed by atoms with Gasteiger partial charge in [-0.1, -0.05) is 116 Å². The number of rotatable bonds is 7. The molecule has 38 heavy (non-hydrogen) atoms. The summed E-state index contributed by atoms with van der Waals surface area (Å²) < 4.78 is 0. The van der Waals surface area contributed by atoms with Crippen molar-refractivity contribution in [3.05, 3.63) is 0 Å². The van der Waals surface area contributed by atoms with Gasteiger partial charge in [0, 0.05) is 0 Å². The molecule has 2 aliphatic rings. The Kier molecular flexibility index (Phi) is 10.8. The van der Waals surface area contributed by atoms with Crippen LogP contribution in [0.3, 0.4) is 0 Å². The lowest BCUT2D eigenvalue weighted by atomic mass is 9.46. The molecule has 2 fully saturated rings. The van der Waals surface area contributed by atoms with Crippen molar-refractivity contribution < 1.29 is 10.2 Å². The fourth-order valence-corrected chi connectivity index (χ4v) is 9.14. The van der Waals surface area contributed by atoms with Gasteiger partial charge in [0.05, 0.1) is 12.2 Å². The average molecular weight is 535 g/mol. The number of hydrogen-bond acceptors (Lipinski definition) is 2. The summed E-state index contributed by atoms with van der Waals surface area (Å²) in [7, 11) is 0. The van der Waals surface area contributed by atoms with Crippen LogP contribution in [0.15, 0.2) is 0 Å². The van der Waals surface area contributed by atoms with Crippen molar-refractivity contribution in [2.75, 3.05) is 0 Å². The van der Waals surface area contributed by atoms with Crippen LogP contribution in [-0.2, 0) is 0 Å². The van der Waals surface area contributed by atoms with Gasteiger partial charge in [0.2, 0.25) is 0 Å². The molecule has 0 bridgehead atoms. The summed E-state index contributed by atoms with van der Waals surface area (Å²) in [5.41, 5.74) is 0.643. The summed E-state index contributed by atoms with van der Waals surface area (Å²) in [5.74, 6) is 2.56. The highest BCUT2D eigenvalue weighted by Gasteiger charge is 2.56. The first-order chi connectivity index (χ1) is 17.1. The largest absolute Gasteiger partial charge is 0.393 e. The molecule has 0 saturated heterocycles. The van der Waals surface area contributed by atoms with E-state index in [0.717, 1.165) is 25.7 Å². The Morgan fingerprint density at radius 2 is 0.789 bits per heavy atom. The van der Waals surface area contributed by atoms with E-state index >= 15 is 0 Å². The van der Waals surface area contributed by atoms with E-state index in [1.807, 2.05) is 0 Å². The van der Waals surface area contributed by atoms with Gasteiger partial charge in [-0.2, -0.15) is 0 Å². The smallest absolute Gasteiger partial charge is 0.0606 e. The first-order valence-corrected chi connectivity index (χ1v) is 16.5. The zero-order valence-electron chi connectivity index (χ0n) is 28.4. The second-order valence-electron chi connectivity index (χ2n) is 18.3. The molecule has 0 amide bonds. The molecule has 2 rings (SSSR count). The molecule has 0 radical (unpaired) electrons. The van der Waals surface area contributed by atoms with E-state index in [4.69, 9.17) is 0 Å². The average Bonchev–Trinajstić information content (AvgIpc) is 2.74. The summed E-state index contributed by atoms with van der Waals surface area (Å²) in [6, 6.07) is 0. The minimum atomic E-state index is -0.228. The molecule has 2 heteroatoms. The lowest BCUT2D eigenvalue weighted by Crippen LogP contribution is -2.55. The van der Waals surface area contributed by atoms with Crippen LogP contribution in [-0.4, -0.2) is 22.4 Å². The van der Waals surface area contributed by atoms with Crippen LogP contribution < -0.4 is 0 Å². The van der Waals surface area contributed by atoms with E-state index in [9.17, 15) is 10.2 Å². The van der Waals surface area contributed by atoms with Crippen molar-refractivity contribution in [1.29, 1.82) is 0 Å². The molecule has 2 aliphatic carbocycles. The van der Waals surface area contributed by atoms with E-state index in [1.165, 1.54) is 32.1 Å². The lowest BCUT2D eigenvalue weighted by Gasteiger charge is -2.59. The highest BCUT2D eigenvalue weighted by Crippen LogP contribution is 2.62. The Morgan fingerprint density at radius 3 is 1.00 bits per heavy atom. The SMILES string of the molecule is CCCCCC(CC)(C1CC(C(C)(C)C)C(O)C(C(C)(C)C)C1)C1CC(C(C)(C)C)C(O)C(C(C)(C)C)C1. The van der Waals surface area contributed by atoms with Crippen LogP contribution in [0.5, 0.6) is 0 Å². The predicted octanol–water partition coefficient (Wildman–Crippen LogP) is 10.2. The van der Waals surface area contributed by atoms with Crippen molar-refractivity contribution in [2.45, 2.75) is 167 Å². The van der Waals surface area contributed by atoms with Crippen LogP contribution in [0.2, 0.25) is 0 Å². The first kappa shape index (κ1) is 34.1. The third-order valence-corrected chi connectivity index (χ3v) is 11.8. The molecule has 0 aromatic rings. The second-order valence-corrected chi connectivity index (χ2v) is 18.3. The first-order valence-electron chi connectivity index (χ1n) is 16.5. The fourth-order valence-electron chi connectivity index (χ4n) is 9.14. The molecular formula is C36H70O2. The van der Waals surface area contributed by atoms with Crippen molar-refractivity contribution in [2.24, 2.45) is 62.6 Å². The molecular weight excluding hydrogens is 464 g/mol. The van der Waals surface area contributed by atoms with E-state index in [1.54, 1.807) is 0 Å². The Bertz CT molecular complexity index is 622. The van der Waals surface area contributed by atoms with Gasteiger partial charge in [-0.25, -0.2) is 0 Å². The van der Waals surface area contributed by atoms with Gasteiger partial charge >= 0.3 is 0 Å². The second kappa shape index (κ2) is 12.0. The van der Waals surface area contributed by atoms with E-state index in [-0.39, 0.29) is 39.3 Å². The molecule has 0 aliphatic heterocycles. The van der Waals surface area contributed by atoms with Crippen LogP contribution in [0.4, 0.5) is 0 Å². The number of aliphatic hydroxyl groups excluding tert-OH is 2. The zero-order chi connectivity index (χ0) is 29.5. The molecule has 2 nitrogen and oxygen atoms in total. The van der Waals surface area contributed by atoms with Gasteiger partial charge < -0.3 is 10.2 Å².